The molecule has 0 aromatic heterocycles. The summed E-state index contributed by atoms with van der Waals surface area (Å²) in [7, 11) is 0. The van der Waals surface area contributed by atoms with Gasteiger partial charge in [0.05, 0.1) is 0 Å². The molecule has 1 aliphatic rings. The van der Waals surface area contributed by atoms with Gasteiger partial charge in [0.2, 0.25) is 0 Å². The van der Waals surface area contributed by atoms with E-state index in [1.54, 1.807) is 0 Å². The Hall–Kier alpha value is -0.380. The van der Waals surface area contributed by atoms with E-state index < -0.39 is 0 Å². The van der Waals surface area contributed by atoms with Gasteiger partial charge in [-0.25, -0.2) is 0 Å². The second kappa shape index (κ2) is 6.87. The highest BCUT2D eigenvalue weighted by atomic mass is 79.9. The zero-order valence-electron chi connectivity index (χ0n) is 12.0. The molecule has 3 heteroatoms. The van der Waals surface area contributed by atoms with Crippen LogP contribution in [0, 0.1) is 5.92 Å². The molecular formula is C16H25BrN2. The third-order valence-electron chi connectivity index (χ3n) is 4.38. The van der Waals surface area contributed by atoms with Crippen molar-refractivity contribution in [3.8, 4) is 0 Å². The van der Waals surface area contributed by atoms with Gasteiger partial charge in [-0.1, -0.05) is 35.0 Å². The summed E-state index contributed by atoms with van der Waals surface area (Å²) in [6, 6.07) is 9.62. The molecule has 2 unspecified atom stereocenters. The van der Waals surface area contributed by atoms with Crippen molar-refractivity contribution in [2.75, 3.05) is 13.1 Å². The van der Waals surface area contributed by atoms with Crippen LogP contribution in [0.5, 0.6) is 0 Å². The van der Waals surface area contributed by atoms with E-state index in [2.05, 4.69) is 58.9 Å². The van der Waals surface area contributed by atoms with Crippen LogP contribution >= 0.6 is 15.9 Å². The van der Waals surface area contributed by atoms with Gasteiger partial charge in [0.15, 0.2) is 0 Å². The molecule has 1 saturated heterocycles. The fourth-order valence-corrected chi connectivity index (χ4v) is 3.59. The fourth-order valence-electron chi connectivity index (χ4n) is 3.18. The number of halogens is 1. The van der Waals surface area contributed by atoms with Crippen molar-refractivity contribution in [1.82, 2.24) is 4.90 Å². The summed E-state index contributed by atoms with van der Waals surface area (Å²) in [5.41, 5.74) is 7.45. The number of nitrogens with two attached hydrogens (primary N) is 1. The fraction of sp³-hybridized carbons (Fsp3) is 0.625. The van der Waals surface area contributed by atoms with Gasteiger partial charge in [-0.3, -0.25) is 4.90 Å². The Morgan fingerprint density at radius 2 is 2.05 bits per heavy atom. The SMILES string of the molecule is CCC(c1cccc(Br)c1)N1CCC(C(C)N)CC1. The van der Waals surface area contributed by atoms with Crippen LogP contribution in [-0.4, -0.2) is 24.0 Å². The van der Waals surface area contributed by atoms with E-state index in [1.165, 1.54) is 42.4 Å². The number of benzene rings is 1. The van der Waals surface area contributed by atoms with E-state index in [-0.39, 0.29) is 0 Å². The van der Waals surface area contributed by atoms with Crippen LogP contribution in [0.15, 0.2) is 28.7 Å². The van der Waals surface area contributed by atoms with E-state index in [4.69, 9.17) is 5.73 Å². The maximum atomic E-state index is 6.03. The molecule has 19 heavy (non-hydrogen) atoms. The third-order valence-corrected chi connectivity index (χ3v) is 4.87. The van der Waals surface area contributed by atoms with E-state index in [1.807, 2.05) is 0 Å². The first-order chi connectivity index (χ1) is 9.11. The Kier molecular flexibility index (Phi) is 5.43. The number of rotatable bonds is 4. The van der Waals surface area contributed by atoms with Crippen molar-refractivity contribution in [3.63, 3.8) is 0 Å². The summed E-state index contributed by atoms with van der Waals surface area (Å²) in [5, 5.41) is 0. The van der Waals surface area contributed by atoms with Gasteiger partial charge in [0.25, 0.3) is 0 Å². The third kappa shape index (κ3) is 3.80. The Labute approximate surface area is 125 Å². The summed E-state index contributed by atoms with van der Waals surface area (Å²) in [4.78, 5) is 2.63. The van der Waals surface area contributed by atoms with Gasteiger partial charge in [0.1, 0.15) is 0 Å². The average Bonchev–Trinajstić information content (AvgIpc) is 2.40. The zero-order chi connectivity index (χ0) is 13.8. The van der Waals surface area contributed by atoms with Crippen LogP contribution in [0.2, 0.25) is 0 Å². The van der Waals surface area contributed by atoms with E-state index in [0.29, 0.717) is 18.0 Å². The van der Waals surface area contributed by atoms with Crippen LogP contribution in [-0.2, 0) is 0 Å². The molecule has 2 N–H and O–H groups in total. The second-order valence-corrected chi connectivity index (χ2v) is 6.63. The quantitative estimate of drug-likeness (QED) is 0.908. The van der Waals surface area contributed by atoms with Crippen molar-refractivity contribution < 1.29 is 0 Å². The molecule has 2 atom stereocenters. The van der Waals surface area contributed by atoms with E-state index in [0.717, 1.165) is 0 Å². The lowest BCUT2D eigenvalue weighted by molar-refractivity contribution is 0.121. The van der Waals surface area contributed by atoms with Gasteiger partial charge in [-0.15, -0.1) is 0 Å². The standard InChI is InChI=1S/C16H25BrN2/c1-3-16(14-5-4-6-15(17)11-14)19-9-7-13(8-10-19)12(2)18/h4-6,11-13,16H,3,7-10,18H2,1-2H3. The topological polar surface area (TPSA) is 29.3 Å². The summed E-state index contributed by atoms with van der Waals surface area (Å²) < 4.78 is 1.17. The van der Waals surface area contributed by atoms with Gasteiger partial charge in [-0.2, -0.15) is 0 Å². The minimum absolute atomic E-state index is 0.341. The molecule has 1 heterocycles. The molecule has 1 aromatic carbocycles. The summed E-state index contributed by atoms with van der Waals surface area (Å²) in [6.45, 7) is 6.78. The molecular weight excluding hydrogens is 300 g/mol. The molecule has 0 radical (unpaired) electrons. The van der Waals surface area contributed by atoms with Crippen LogP contribution in [0.25, 0.3) is 0 Å². The number of hydrogen-bond donors (Lipinski definition) is 1. The van der Waals surface area contributed by atoms with Crippen LogP contribution < -0.4 is 5.73 Å². The molecule has 0 saturated carbocycles. The monoisotopic (exact) mass is 324 g/mol. The average molecular weight is 325 g/mol. The number of hydrogen-bond acceptors (Lipinski definition) is 2. The molecule has 0 bridgehead atoms. The van der Waals surface area contributed by atoms with Crippen molar-refractivity contribution in [2.24, 2.45) is 11.7 Å². The van der Waals surface area contributed by atoms with Gasteiger partial charge in [0, 0.05) is 16.6 Å². The van der Waals surface area contributed by atoms with Gasteiger partial charge < -0.3 is 5.73 Å². The normalized spacial score (nSPS) is 21.3. The maximum absolute atomic E-state index is 6.03. The highest BCUT2D eigenvalue weighted by Gasteiger charge is 2.26. The van der Waals surface area contributed by atoms with Crippen molar-refractivity contribution in [1.29, 1.82) is 0 Å². The first-order valence-corrected chi connectivity index (χ1v) is 8.16. The maximum Gasteiger partial charge on any atom is 0.0345 e. The van der Waals surface area contributed by atoms with Crippen molar-refractivity contribution in [3.05, 3.63) is 34.3 Å². The highest BCUT2D eigenvalue weighted by Crippen LogP contribution is 2.31. The van der Waals surface area contributed by atoms with E-state index >= 15 is 0 Å². The Balaban J connectivity index is 2.03. The Bertz CT molecular complexity index is 397. The van der Waals surface area contributed by atoms with Crippen LogP contribution in [0.4, 0.5) is 0 Å². The lowest BCUT2D eigenvalue weighted by Gasteiger charge is -2.38. The molecule has 1 aliphatic heterocycles. The largest absolute Gasteiger partial charge is 0.328 e. The van der Waals surface area contributed by atoms with Crippen LogP contribution in [0.1, 0.15) is 44.7 Å². The minimum Gasteiger partial charge on any atom is -0.328 e. The summed E-state index contributed by atoms with van der Waals surface area (Å²) >= 11 is 3.58. The molecule has 1 aromatic rings. The second-order valence-electron chi connectivity index (χ2n) is 5.71. The molecule has 0 aliphatic carbocycles. The summed E-state index contributed by atoms with van der Waals surface area (Å²) in [5.74, 6) is 0.705. The van der Waals surface area contributed by atoms with Crippen LogP contribution in [0.3, 0.4) is 0 Å². The first-order valence-electron chi connectivity index (χ1n) is 7.37. The minimum atomic E-state index is 0.341. The van der Waals surface area contributed by atoms with Crippen molar-refractivity contribution in [2.45, 2.75) is 45.2 Å². The number of likely N-dealkylation sites (tertiary alicyclic amines) is 1. The lowest BCUT2D eigenvalue weighted by atomic mass is 9.89. The molecule has 2 nitrogen and oxygen atoms in total. The molecule has 106 valence electrons. The van der Waals surface area contributed by atoms with E-state index in [9.17, 15) is 0 Å². The Morgan fingerprint density at radius 1 is 1.37 bits per heavy atom. The Morgan fingerprint density at radius 3 is 2.58 bits per heavy atom. The van der Waals surface area contributed by atoms with Gasteiger partial charge in [-0.05, 0) is 62.9 Å². The summed E-state index contributed by atoms with van der Waals surface area (Å²) in [6.07, 6.45) is 3.64. The molecule has 0 spiro atoms. The highest BCUT2D eigenvalue weighted by molar-refractivity contribution is 9.10. The lowest BCUT2D eigenvalue weighted by Crippen LogP contribution is -2.41. The van der Waals surface area contributed by atoms with Crippen molar-refractivity contribution >= 4 is 15.9 Å². The first kappa shape index (κ1) is 15.0. The smallest absolute Gasteiger partial charge is 0.0345 e. The predicted molar refractivity (Wildman–Crippen MR) is 85.1 cm³/mol. The molecule has 1 fully saturated rings. The zero-order valence-corrected chi connectivity index (χ0v) is 13.6. The van der Waals surface area contributed by atoms with Gasteiger partial charge >= 0.3 is 0 Å². The molecule has 0 amide bonds. The number of piperidine rings is 1. The molecule has 2 rings (SSSR count). The number of nitrogens with zero attached hydrogens (tertiary/aromatic N) is 1. The predicted octanol–water partition coefficient (Wildman–Crippen LogP) is 3.96.